The van der Waals surface area contributed by atoms with Gasteiger partial charge in [0.05, 0.1) is 0 Å². The predicted molar refractivity (Wildman–Crippen MR) is 72.2 cm³/mol. The maximum atomic E-state index is 13.7. The molecule has 2 aliphatic rings. The van der Waals surface area contributed by atoms with Crippen molar-refractivity contribution in [3.05, 3.63) is 34.6 Å². The van der Waals surface area contributed by atoms with E-state index in [1.807, 2.05) is 0 Å². The summed E-state index contributed by atoms with van der Waals surface area (Å²) in [7, 11) is 1.73. The van der Waals surface area contributed by atoms with Gasteiger partial charge >= 0.3 is 0 Å². The smallest absolute Gasteiger partial charge is 0.225 e. The van der Waals surface area contributed by atoms with Crippen LogP contribution in [0.4, 0.5) is 4.39 Å². The molecule has 19 heavy (non-hydrogen) atoms. The number of nitrogens with zero attached hydrogens (tertiary/aromatic N) is 1. The second-order valence-corrected chi connectivity index (χ2v) is 6.23. The maximum Gasteiger partial charge on any atom is 0.225 e. The molecule has 4 heteroatoms. The molecule has 1 aromatic carbocycles. The van der Waals surface area contributed by atoms with Gasteiger partial charge in [-0.2, -0.15) is 0 Å². The van der Waals surface area contributed by atoms with Crippen LogP contribution in [0.2, 0.25) is 5.02 Å². The molecule has 0 saturated heterocycles. The van der Waals surface area contributed by atoms with Gasteiger partial charge in [0.15, 0.2) is 0 Å². The molecule has 0 radical (unpaired) electrons. The summed E-state index contributed by atoms with van der Waals surface area (Å²) in [4.78, 5) is 13.9. The van der Waals surface area contributed by atoms with Gasteiger partial charge in [0, 0.05) is 30.1 Å². The van der Waals surface area contributed by atoms with E-state index >= 15 is 0 Å². The third kappa shape index (κ3) is 2.48. The Bertz CT molecular complexity index is 489. The summed E-state index contributed by atoms with van der Waals surface area (Å²) in [5.74, 6) is 1.48. The molecule has 0 bridgehead atoms. The highest BCUT2D eigenvalue weighted by Gasteiger charge is 2.48. The van der Waals surface area contributed by atoms with Gasteiger partial charge in [0.1, 0.15) is 5.82 Å². The van der Waals surface area contributed by atoms with Crippen LogP contribution in [0.5, 0.6) is 0 Å². The topological polar surface area (TPSA) is 20.3 Å². The Morgan fingerprint density at radius 2 is 2.05 bits per heavy atom. The number of fused-ring (bicyclic) bond motifs is 1. The Kier molecular flexibility index (Phi) is 3.25. The van der Waals surface area contributed by atoms with Gasteiger partial charge in [-0.05, 0) is 43.2 Å². The first-order chi connectivity index (χ1) is 9.06. The Morgan fingerprint density at radius 1 is 1.37 bits per heavy atom. The minimum absolute atomic E-state index is 0.131. The largest absolute Gasteiger partial charge is 0.341 e. The molecule has 1 aromatic rings. The molecular formula is C15H17ClFNO. The first-order valence-electron chi connectivity index (χ1n) is 6.74. The summed E-state index contributed by atoms with van der Waals surface area (Å²) in [5, 5.41) is 0.383. The van der Waals surface area contributed by atoms with Gasteiger partial charge in [-0.3, -0.25) is 4.79 Å². The maximum absolute atomic E-state index is 13.7. The van der Waals surface area contributed by atoms with Gasteiger partial charge in [-0.1, -0.05) is 17.7 Å². The summed E-state index contributed by atoms with van der Waals surface area (Å²) in [6, 6.07) is 4.61. The van der Waals surface area contributed by atoms with Crippen LogP contribution in [0.3, 0.4) is 0 Å². The lowest BCUT2D eigenvalue weighted by Gasteiger charge is -2.22. The van der Waals surface area contributed by atoms with E-state index < -0.39 is 0 Å². The number of rotatable bonds is 3. The minimum Gasteiger partial charge on any atom is -0.341 e. The Labute approximate surface area is 117 Å². The van der Waals surface area contributed by atoms with Gasteiger partial charge in [-0.15, -0.1) is 0 Å². The number of carbonyl (C=O) groups is 1. The average Bonchev–Trinajstić information content (AvgIpc) is 2.99. The highest BCUT2D eigenvalue weighted by molar-refractivity contribution is 6.31. The first-order valence-corrected chi connectivity index (χ1v) is 7.12. The molecule has 0 N–H and O–H groups in total. The zero-order chi connectivity index (χ0) is 13.6. The van der Waals surface area contributed by atoms with E-state index in [9.17, 15) is 9.18 Å². The molecule has 102 valence electrons. The molecule has 2 nitrogen and oxygen atoms in total. The van der Waals surface area contributed by atoms with E-state index in [1.165, 1.54) is 12.5 Å². The molecule has 2 aliphatic carbocycles. The third-order valence-electron chi connectivity index (χ3n) is 4.43. The van der Waals surface area contributed by atoms with E-state index in [4.69, 9.17) is 11.6 Å². The van der Waals surface area contributed by atoms with Crippen LogP contribution in [0.25, 0.3) is 0 Å². The monoisotopic (exact) mass is 281 g/mol. The zero-order valence-corrected chi connectivity index (χ0v) is 11.7. The van der Waals surface area contributed by atoms with E-state index in [0.717, 1.165) is 24.7 Å². The van der Waals surface area contributed by atoms with E-state index in [-0.39, 0.29) is 24.2 Å². The zero-order valence-electron chi connectivity index (χ0n) is 10.9. The van der Waals surface area contributed by atoms with Crippen molar-refractivity contribution in [2.75, 3.05) is 7.05 Å². The number of amides is 1. The Balaban J connectivity index is 1.67. The summed E-state index contributed by atoms with van der Waals surface area (Å²) in [6.07, 6.45) is 3.32. The van der Waals surface area contributed by atoms with Gasteiger partial charge < -0.3 is 4.90 Å². The highest BCUT2D eigenvalue weighted by Crippen LogP contribution is 2.54. The molecule has 3 rings (SSSR count). The lowest BCUT2D eigenvalue weighted by atomic mass is 10.0. The lowest BCUT2D eigenvalue weighted by Crippen LogP contribution is -2.32. The van der Waals surface area contributed by atoms with Gasteiger partial charge in [-0.25, -0.2) is 4.39 Å². The van der Waals surface area contributed by atoms with Gasteiger partial charge in [0.2, 0.25) is 5.91 Å². The number of benzene rings is 1. The molecule has 2 unspecified atom stereocenters. The Hall–Kier alpha value is -1.09. The standard InChI is InChI=1S/C15H17ClFNO/c1-18(8-12-13(16)3-2-4-14(12)17)15(19)11-6-9-5-10(9)7-11/h2-4,9-11H,5-8H2,1H3. The van der Waals surface area contributed by atoms with E-state index in [0.29, 0.717) is 10.6 Å². The molecule has 2 atom stereocenters. The van der Waals surface area contributed by atoms with Crippen molar-refractivity contribution in [1.29, 1.82) is 0 Å². The second-order valence-electron chi connectivity index (χ2n) is 5.82. The molecular weight excluding hydrogens is 265 g/mol. The first kappa shape index (κ1) is 12.9. The SMILES string of the molecule is CN(Cc1c(F)cccc1Cl)C(=O)C1CC2CC2C1. The Morgan fingerprint density at radius 3 is 2.68 bits per heavy atom. The van der Waals surface area contributed by atoms with Crippen molar-refractivity contribution in [3.63, 3.8) is 0 Å². The fourth-order valence-corrected chi connectivity index (χ4v) is 3.45. The van der Waals surface area contributed by atoms with Crippen LogP contribution in [-0.2, 0) is 11.3 Å². The molecule has 0 spiro atoms. The van der Waals surface area contributed by atoms with Crippen LogP contribution >= 0.6 is 11.6 Å². The van der Waals surface area contributed by atoms with Crippen molar-refractivity contribution in [2.45, 2.75) is 25.8 Å². The van der Waals surface area contributed by atoms with Crippen LogP contribution in [0, 0.1) is 23.6 Å². The van der Waals surface area contributed by atoms with Crippen LogP contribution < -0.4 is 0 Å². The number of halogens is 2. The van der Waals surface area contributed by atoms with Crippen LogP contribution in [-0.4, -0.2) is 17.9 Å². The number of carbonyl (C=O) groups excluding carboxylic acids is 1. The van der Waals surface area contributed by atoms with Crippen molar-refractivity contribution in [2.24, 2.45) is 17.8 Å². The van der Waals surface area contributed by atoms with E-state index in [1.54, 1.807) is 24.1 Å². The van der Waals surface area contributed by atoms with Crippen LogP contribution in [0.15, 0.2) is 18.2 Å². The molecule has 2 fully saturated rings. The highest BCUT2D eigenvalue weighted by atomic mass is 35.5. The summed E-state index contributed by atoms with van der Waals surface area (Å²) >= 11 is 5.99. The lowest BCUT2D eigenvalue weighted by molar-refractivity contribution is -0.134. The number of hydrogen-bond donors (Lipinski definition) is 0. The third-order valence-corrected chi connectivity index (χ3v) is 4.78. The quantitative estimate of drug-likeness (QED) is 0.831. The molecule has 1 amide bonds. The van der Waals surface area contributed by atoms with Crippen molar-refractivity contribution >= 4 is 17.5 Å². The average molecular weight is 282 g/mol. The molecule has 0 aliphatic heterocycles. The second kappa shape index (κ2) is 4.78. The predicted octanol–water partition coefficient (Wildman–Crippen LogP) is 3.48. The van der Waals surface area contributed by atoms with Crippen molar-refractivity contribution in [1.82, 2.24) is 4.90 Å². The summed E-state index contributed by atoms with van der Waals surface area (Å²) < 4.78 is 13.7. The molecule has 0 heterocycles. The normalized spacial score (nSPS) is 28.1. The van der Waals surface area contributed by atoms with Gasteiger partial charge in [0.25, 0.3) is 0 Å². The van der Waals surface area contributed by atoms with Crippen molar-refractivity contribution < 1.29 is 9.18 Å². The number of hydrogen-bond acceptors (Lipinski definition) is 1. The summed E-state index contributed by atoms with van der Waals surface area (Å²) in [5.41, 5.74) is 0.406. The van der Waals surface area contributed by atoms with Crippen molar-refractivity contribution in [3.8, 4) is 0 Å². The fourth-order valence-electron chi connectivity index (χ4n) is 3.23. The molecule has 0 aromatic heterocycles. The minimum atomic E-state index is -0.346. The molecule has 2 saturated carbocycles. The van der Waals surface area contributed by atoms with E-state index in [2.05, 4.69) is 0 Å². The van der Waals surface area contributed by atoms with Crippen LogP contribution in [0.1, 0.15) is 24.8 Å². The summed E-state index contributed by atoms with van der Waals surface area (Å²) in [6.45, 7) is 0.246. The fraction of sp³-hybridized carbons (Fsp3) is 0.533.